The molecule has 1 atom stereocenters. The topological polar surface area (TPSA) is 70.1 Å². The molecule has 0 radical (unpaired) electrons. The van der Waals surface area contributed by atoms with E-state index in [0.29, 0.717) is 18.7 Å². The van der Waals surface area contributed by atoms with Gasteiger partial charge in [-0.15, -0.1) is 0 Å². The highest BCUT2D eigenvalue weighted by Crippen LogP contribution is 2.23. The maximum Gasteiger partial charge on any atom is 0.410 e. The summed E-state index contributed by atoms with van der Waals surface area (Å²) >= 11 is 0. The van der Waals surface area contributed by atoms with E-state index < -0.39 is 23.4 Å². The minimum atomic E-state index is -0.746. The smallest absolute Gasteiger partial charge is 0.410 e. The van der Waals surface area contributed by atoms with Crippen molar-refractivity contribution in [3.63, 3.8) is 0 Å². The summed E-state index contributed by atoms with van der Waals surface area (Å²) in [7, 11) is 0. The van der Waals surface area contributed by atoms with Crippen LogP contribution in [0.15, 0.2) is 12.1 Å². The van der Waals surface area contributed by atoms with Crippen LogP contribution in [0.5, 0.6) is 5.75 Å². The van der Waals surface area contributed by atoms with Crippen molar-refractivity contribution in [1.82, 2.24) is 9.80 Å². The van der Waals surface area contributed by atoms with Crippen molar-refractivity contribution in [3.05, 3.63) is 29.1 Å². The van der Waals surface area contributed by atoms with Gasteiger partial charge in [0.2, 0.25) is 0 Å². The molecule has 1 aromatic rings. The molecular formula is C18H25FN2O4. The number of aryl methyl sites for hydroxylation is 1. The lowest BCUT2D eigenvalue weighted by Crippen LogP contribution is -2.56. The number of rotatable bonds is 1. The molecule has 1 aromatic carbocycles. The maximum atomic E-state index is 14.1. The van der Waals surface area contributed by atoms with Crippen LogP contribution in [-0.4, -0.2) is 58.2 Å². The molecule has 138 valence electrons. The average Bonchev–Trinajstić information content (AvgIpc) is 2.43. The van der Waals surface area contributed by atoms with Gasteiger partial charge in [-0.2, -0.15) is 0 Å². The number of phenolic OH excluding ortho intramolecular Hbond substituents is 1. The zero-order valence-corrected chi connectivity index (χ0v) is 15.3. The van der Waals surface area contributed by atoms with Gasteiger partial charge in [-0.25, -0.2) is 9.18 Å². The molecule has 1 saturated heterocycles. The van der Waals surface area contributed by atoms with Gasteiger partial charge in [-0.3, -0.25) is 4.79 Å². The molecule has 1 heterocycles. The molecule has 0 spiro atoms. The molecule has 7 heteroatoms. The Hall–Kier alpha value is -2.31. The van der Waals surface area contributed by atoms with Crippen molar-refractivity contribution in [3.8, 4) is 5.75 Å². The Kier molecular flexibility index (Phi) is 5.25. The lowest BCUT2D eigenvalue weighted by atomic mass is 10.0. The lowest BCUT2D eigenvalue weighted by Gasteiger charge is -2.40. The van der Waals surface area contributed by atoms with Crippen molar-refractivity contribution in [2.24, 2.45) is 0 Å². The summed E-state index contributed by atoms with van der Waals surface area (Å²) in [4.78, 5) is 28.0. The number of ether oxygens (including phenoxy) is 1. The number of benzene rings is 1. The van der Waals surface area contributed by atoms with Crippen LogP contribution in [0, 0.1) is 12.7 Å². The number of amides is 2. The van der Waals surface area contributed by atoms with E-state index >= 15 is 0 Å². The number of carbonyl (C=O) groups is 2. The zero-order valence-electron chi connectivity index (χ0n) is 15.3. The van der Waals surface area contributed by atoms with Crippen molar-refractivity contribution in [2.75, 3.05) is 19.6 Å². The normalized spacial score (nSPS) is 18.2. The molecule has 1 fully saturated rings. The molecule has 2 rings (SSSR count). The van der Waals surface area contributed by atoms with Gasteiger partial charge >= 0.3 is 6.09 Å². The number of aromatic hydroxyl groups is 1. The van der Waals surface area contributed by atoms with Crippen LogP contribution in [0.1, 0.15) is 43.6 Å². The van der Waals surface area contributed by atoms with E-state index in [2.05, 4.69) is 0 Å². The van der Waals surface area contributed by atoms with Gasteiger partial charge in [0.1, 0.15) is 17.2 Å². The fraction of sp³-hybridized carbons (Fsp3) is 0.556. The Morgan fingerprint density at radius 1 is 1.28 bits per heavy atom. The fourth-order valence-corrected chi connectivity index (χ4v) is 2.89. The summed E-state index contributed by atoms with van der Waals surface area (Å²) in [5.74, 6) is -1.40. The summed E-state index contributed by atoms with van der Waals surface area (Å²) < 4.78 is 19.5. The Morgan fingerprint density at radius 3 is 2.44 bits per heavy atom. The van der Waals surface area contributed by atoms with Crippen LogP contribution >= 0.6 is 0 Å². The first-order valence-corrected chi connectivity index (χ1v) is 8.27. The molecule has 0 aromatic heterocycles. The Balaban J connectivity index is 2.11. The van der Waals surface area contributed by atoms with Gasteiger partial charge in [0, 0.05) is 31.7 Å². The van der Waals surface area contributed by atoms with Crippen LogP contribution in [0.3, 0.4) is 0 Å². The molecule has 2 amide bonds. The molecule has 0 aliphatic carbocycles. The molecule has 25 heavy (non-hydrogen) atoms. The Morgan fingerprint density at radius 2 is 1.92 bits per heavy atom. The summed E-state index contributed by atoms with van der Waals surface area (Å²) in [5.41, 5.74) is -0.254. The first-order chi connectivity index (χ1) is 11.5. The predicted octanol–water partition coefficient (Wildman–Crippen LogP) is 2.92. The molecule has 1 unspecified atom stereocenters. The van der Waals surface area contributed by atoms with Crippen LogP contribution in [0.4, 0.5) is 9.18 Å². The number of carbonyl (C=O) groups excluding carboxylic acids is 2. The van der Waals surface area contributed by atoms with Gasteiger partial charge in [-0.1, -0.05) is 0 Å². The van der Waals surface area contributed by atoms with Gasteiger partial charge < -0.3 is 19.6 Å². The summed E-state index contributed by atoms with van der Waals surface area (Å²) in [6.45, 7) is 9.70. The second-order valence-electron chi connectivity index (χ2n) is 7.39. The maximum absolute atomic E-state index is 14.1. The van der Waals surface area contributed by atoms with E-state index in [-0.39, 0.29) is 23.9 Å². The van der Waals surface area contributed by atoms with Crippen molar-refractivity contribution in [1.29, 1.82) is 0 Å². The third-order valence-corrected chi connectivity index (χ3v) is 4.03. The molecule has 0 bridgehead atoms. The minimum absolute atomic E-state index is 0.0456. The monoisotopic (exact) mass is 352 g/mol. The predicted molar refractivity (Wildman–Crippen MR) is 91.1 cm³/mol. The first kappa shape index (κ1) is 19.0. The molecule has 1 N–H and O–H groups in total. The number of halogens is 1. The second-order valence-corrected chi connectivity index (χ2v) is 7.39. The van der Waals surface area contributed by atoms with E-state index in [1.807, 2.05) is 6.92 Å². The minimum Gasteiger partial charge on any atom is -0.508 e. The van der Waals surface area contributed by atoms with Crippen LogP contribution in [-0.2, 0) is 4.74 Å². The average molecular weight is 352 g/mol. The van der Waals surface area contributed by atoms with Gasteiger partial charge in [0.25, 0.3) is 5.91 Å². The number of hydrogen-bond donors (Lipinski definition) is 1. The van der Waals surface area contributed by atoms with E-state index in [1.165, 1.54) is 11.0 Å². The van der Waals surface area contributed by atoms with E-state index in [9.17, 15) is 19.1 Å². The quantitative estimate of drug-likeness (QED) is 0.844. The van der Waals surface area contributed by atoms with Crippen LogP contribution in [0.2, 0.25) is 0 Å². The van der Waals surface area contributed by atoms with Crippen LogP contribution < -0.4 is 0 Å². The highest BCUT2D eigenvalue weighted by atomic mass is 19.1. The largest absolute Gasteiger partial charge is 0.508 e. The molecular weight excluding hydrogens is 327 g/mol. The van der Waals surface area contributed by atoms with E-state index in [4.69, 9.17) is 4.74 Å². The lowest BCUT2D eigenvalue weighted by molar-refractivity contribution is 0.00188. The van der Waals surface area contributed by atoms with Crippen molar-refractivity contribution >= 4 is 12.0 Å². The molecule has 1 aliphatic heterocycles. The van der Waals surface area contributed by atoms with Crippen molar-refractivity contribution < 1.29 is 23.8 Å². The molecule has 6 nitrogen and oxygen atoms in total. The number of phenols is 1. The highest BCUT2D eigenvalue weighted by Gasteiger charge is 2.33. The molecule has 1 aliphatic rings. The van der Waals surface area contributed by atoms with Crippen LogP contribution in [0.25, 0.3) is 0 Å². The second kappa shape index (κ2) is 6.90. The number of hydrogen-bond acceptors (Lipinski definition) is 4. The summed E-state index contributed by atoms with van der Waals surface area (Å²) in [5, 5.41) is 9.42. The fourth-order valence-electron chi connectivity index (χ4n) is 2.89. The van der Waals surface area contributed by atoms with Gasteiger partial charge in [-0.05, 0) is 46.2 Å². The molecule has 0 saturated carbocycles. The summed E-state index contributed by atoms with van der Waals surface area (Å²) in [6.07, 6.45) is -0.418. The van der Waals surface area contributed by atoms with Gasteiger partial charge in [0.15, 0.2) is 0 Å². The zero-order chi connectivity index (χ0) is 18.9. The van der Waals surface area contributed by atoms with Crippen molar-refractivity contribution in [2.45, 2.75) is 46.3 Å². The third kappa shape index (κ3) is 4.41. The first-order valence-electron chi connectivity index (χ1n) is 8.27. The SMILES string of the molecule is Cc1cc(O)cc(F)c1C(=O)N1CCN(C(=O)OC(C)(C)C)C(C)C1. The Bertz CT molecular complexity index is 661. The highest BCUT2D eigenvalue weighted by molar-refractivity contribution is 5.96. The van der Waals surface area contributed by atoms with E-state index in [1.54, 1.807) is 32.6 Å². The number of piperazine rings is 1. The standard InChI is InChI=1S/C18H25FN2O4/c1-11-8-13(22)9-14(19)15(11)16(23)20-6-7-21(12(2)10-20)17(24)25-18(3,4)5/h8-9,12,22H,6-7,10H2,1-5H3. The summed E-state index contributed by atoms with van der Waals surface area (Å²) in [6, 6.07) is 2.05. The third-order valence-electron chi connectivity index (χ3n) is 4.03. The van der Waals surface area contributed by atoms with E-state index in [0.717, 1.165) is 6.07 Å². The Labute approximate surface area is 147 Å². The van der Waals surface area contributed by atoms with Gasteiger partial charge in [0.05, 0.1) is 5.56 Å². The number of nitrogens with zero attached hydrogens (tertiary/aromatic N) is 2.